The topological polar surface area (TPSA) is 91.2 Å². The van der Waals surface area contributed by atoms with Crippen LogP contribution in [0.5, 0.6) is 11.5 Å². The van der Waals surface area contributed by atoms with Crippen molar-refractivity contribution in [3.05, 3.63) is 73.1 Å². The summed E-state index contributed by atoms with van der Waals surface area (Å²) in [4.78, 5) is 16.6. The zero-order valence-corrected chi connectivity index (χ0v) is 17.8. The number of pyridine rings is 1. The fourth-order valence-corrected chi connectivity index (χ4v) is 4.18. The molecule has 0 saturated carbocycles. The molecule has 1 amide bonds. The maximum Gasteiger partial charge on any atom is 0.231 e. The molecule has 0 fully saturated rings. The van der Waals surface area contributed by atoms with Gasteiger partial charge in [0.25, 0.3) is 0 Å². The SMILES string of the molecule is O=C(CCSc1nnc(-c2cccnc2)n1-c1ccccc1)Nc1ccc2c(c1)OCO2. The van der Waals surface area contributed by atoms with Crippen molar-refractivity contribution in [2.24, 2.45) is 0 Å². The molecule has 32 heavy (non-hydrogen) atoms. The van der Waals surface area contributed by atoms with E-state index in [-0.39, 0.29) is 12.7 Å². The summed E-state index contributed by atoms with van der Waals surface area (Å²) in [6.45, 7) is 0.201. The molecular weight excluding hydrogens is 426 g/mol. The van der Waals surface area contributed by atoms with E-state index in [1.54, 1.807) is 30.6 Å². The number of carbonyl (C=O) groups excluding carboxylic acids is 1. The molecule has 9 heteroatoms. The number of amides is 1. The summed E-state index contributed by atoms with van der Waals surface area (Å²) in [6, 6.07) is 19.1. The zero-order valence-electron chi connectivity index (χ0n) is 17.0. The summed E-state index contributed by atoms with van der Waals surface area (Å²) >= 11 is 1.48. The van der Waals surface area contributed by atoms with Crippen molar-refractivity contribution in [3.8, 4) is 28.6 Å². The van der Waals surface area contributed by atoms with Crippen molar-refractivity contribution in [3.63, 3.8) is 0 Å². The normalized spacial score (nSPS) is 12.0. The molecule has 0 aliphatic carbocycles. The van der Waals surface area contributed by atoms with Gasteiger partial charge in [-0.05, 0) is 36.4 Å². The summed E-state index contributed by atoms with van der Waals surface area (Å²) in [5.74, 6) is 2.49. The molecule has 160 valence electrons. The number of fused-ring (bicyclic) bond motifs is 1. The second kappa shape index (κ2) is 9.11. The van der Waals surface area contributed by atoms with Crippen molar-refractivity contribution in [2.75, 3.05) is 17.9 Å². The second-order valence-electron chi connectivity index (χ2n) is 6.93. The van der Waals surface area contributed by atoms with Crippen molar-refractivity contribution >= 4 is 23.4 Å². The highest BCUT2D eigenvalue weighted by atomic mass is 32.2. The van der Waals surface area contributed by atoms with Crippen LogP contribution in [-0.4, -0.2) is 38.2 Å². The fraction of sp³-hybridized carbons (Fsp3) is 0.130. The number of nitrogens with one attached hydrogen (secondary N) is 1. The van der Waals surface area contributed by atoms with Gasteiger partial charge in [0.05, 0.1) is 0 Å². The van der Waals surface area contributed by atoms with E-state index in [4.69, 9.17) is 9.47 Å². The molecule has 0 spiro atoms. The van der Waals surface area contributed by atoms with Gasteiger partial charge in [0.15, 0.2) is 22.5 Å². The van der Waals surface area contributed by atoms with Crippen LogP contribution in [0.15, 0.2) is 78.2 Å². The van der Waals surface area contributed by atoms with E-state index in [1.165, 1.54) is 11.8 Å². The van der Waals surface area contributed by atoms with Crippen LogP contribution in [0.2, 0.25) is 0 Å². The van der Waals surface area contributed by atoms with Gasteiger partial charge in [-0.25, -0.2) is 0 Å². The number of carbonyl (C=O) groups is 1. The number of ether oxygens (including phenoxy) is 2. The monoisotopic (exact) mass is 445 g/mol. The Balaban J connectivity index is 1.28. The Labute approximate surface area is 188 Å². The summed E-state index contributed by atoms with van der Waals surface area (Å²) < 4.78 is 12.6. The number of hydrogen-bond acceptors (Lipinski definition) is 7. The molecule has 0 radical (unpaired) electrons. The first-order chi connectivity index (χ1) is 15.8. The smallest absolute Gasteiger partial charge is 0.231 e. The minimum atomic E-state index is -0.0883. The average molecular weight is 446 g/mol. The lowest BCUT2D eigenvalue weighted by atomic mass is 10.2. The highest BCUT2D eigenvalue weighted by Gasteiger charge is 2.17. The predicted molar refractivity (Wildman–Crippen MR) is 121 cm³/mol. The molecule has 1 N–H and O–H groups in total. The number of nitrogens with zero attached hydrogens (tertiary/aromatic N) is 4. The molecule has 1 aliphatic rings. The summed E-state index contributed by atoms with van der Waals surface area (Å²) in [6.07, 6.45) is 3.81. The lowest BCUT2D eigenvalue weighted by Crippen LogP contribution is -2.12. The van der Waals surface area contributed by atoms with Crippen LogP contribution in [0, 0.1) is 0 Å². The standard InChI is InChI=1S/C23H19N5O3S/c29-21(25-17-8-9-19-20(13-17)31-15-30-19)10-12-32-23-27-26-22(16-5-4-11-24-14-16)28(23)18-6-2-1-3-7-18/h1-9,11,13-14H,10,12,15H2,(H,25,29). The van der Waals surface area contributed by atoms with Gasteiger partial charge in [0, 0.05) is 47.6 Å². The number of thioether (sulfide) groups is 1. The molecule has 0 bridgehead atoms. The van der Waals surface area contributed by atoms with Gasteiger partial charge in [-0.15, -0.1) is 10.2 Å². The highest BCUT2D eigenvalue weighted by molar-refractivity contribution is 7.99. The Morgan fingerprint density at radius 2 is 1.91 bits per heavy atom. The Kier molecular flexibility index (Phi) is 5.71. The van der Waals surface area contributed by atoms with E-state index in [1.807, 2.05) is 47.0 Å². The molecule has 0 unspecified atom stereocenters. The Morgan fingerprint density at radius 3 is 2.75 bits per heavy atom. The minimum absolute atomic E-state index is 0.0883. The van der Waals surface area contributed by atoms with Crippen LogP contribution in [0.4, 0.5) is 5.69 Å². The van der Waals surface area contributed by atoms with Crippen molar-refractivity contribution < 1.29 is 14.3 Å². The third kappa shape index (κ3) is 4.28. The van der Waals surface area contributed by atoms with Crippen molar-refractivity contribution in [2.45, 2.75) is 11.6 Å². The minimum Gasteiger partial charge on any atom is -0.454 e. The fourth-order valence-electron chi connectivity index (χ4n) is 3.29. The van der Waals surface area contributed by atoms with Gasteiger partial charge in [0.2, 0.25) is 12.7 Å². The van der Waals surface area contributed by atoms with E-state index in [0.717, 1.165) is 11.3 Å². The third-order valence-electron chi connectivity index (χ3n) is 4.78. The number of benzene rings is 2. The van der Waals surface area contributed by atoms with E-state index in [0.29, 0.717) is 40.3 Å². The van der Waals surface area contributed by atoms with E-state index >= 15 is 0 Å². The molecule has 1 aliphatic heterocycles. The zero-order chi connectivity index (χ0) is 21.8. The lowest BCUT2D eigenvalue weighted by Gasteiger charge is -2.10. The summed E-state index contributed by atoms with van der Waals surface area (Å²) in [7, 11) is 0. The van der Waals surface area contributed by atoms with Crippen molar-refractivity contribution in [1.29, 1.82) is 0 Å². The molecular formula is C23H19N5O3S. The van der Waals surface area contributed by atoms with Gasteiger partial charge in [-0.2, -0.15) is 0 Å². The first kappa shape index (κ1) is 20.1. The first-order valence-corrected chi connectivity index (χ1v) is 11.0. The maximum atomic E-state index is 12.4. The van der Waals surface area contributed by atoms with Crippen LogP contribution >= 0.6 is 11.8 Å². The maximum absolute atomic E-state index is 12.4. The van der Waals surface area contributed by atoms with Gasteiger partial charge in [-0.1, -0.05) is 30.0 Å². The Hall–Kier alpha value is -3.85. The molecule has 2 aromatic heterocycles. The molecule has 0 atom stereocenters. The molecule has 3 heterocycles. The summed E-state index contributed by atoms with van der Waals surface area (Å²) in [5, 5.41) is 12.4. The molecule has 0 saturated heterocycles. The van der Waals surface area contributed by atoms with Crippen LogP contribution in [0.3, 0.4) is 0 Å². The van der Waals surface area contributed by atoms with Crippen LogP contribution in [0.1, 0.15) is 6.42 Å². The second-order valence-corrected chi connectivity index (χ2v) is 8.00. The van der Waals surface area contributed by atoms with Gasteiger partial charge in [0.1, 0.15) is 0 Å². The molecule has 5 rings (SSSR count). The quantitative estimate of drug-likeness (QED) is 0.427. The average Bonchev–Trinajstić information content (AvgIpc) is 3.47. The predicted octanol–water partition coefficient (Wildman–Crippen LogP) is 4.18. The Bertz CT molecular complexity index is 1230. The number of para-hydroxylation sites is 1. The first-order valence-electron chi connectivity index (χ1n) is 10.0. The van der Waals surface area contributed by atoms with Crippen LogP contribution in [-0.2, 0) is 4.79 Å². The van der Waals surface area contributed by atoms with E-state index in [2.05, 4.69) is 20.5 Å². The largest absolute Gasteiger partial charge is 0.454 e. The number of aromatic nitrogens is 4. The van der Waals surface area contributed by atoms with E-state index < -0.39 is 0 Å². The molecule has 4 aromatic rings. The Morgan fingerprint density at radius 1 is 1.03 bits per heavy atom. The summed E-state index contributed by atoms with van der Waals surface area (Å²) in [5.41, 5.74) is 2.50. The van der Waals surface area contributed by atoms with Gasteiger partial charge >= 0.3 is 0 Å². The molecule has 8 nitrogen and oxygen atoms in total. The van der Waals surface area contributed by atoms with Crippen molar-refractivity contribution in [1.82, 2.24) is 19.7 Å². The van der Waals surface area contributed by atoms with Crippen LogP contribution in [0.25, 0.3) is 17.1 Å². The van der Waals surface area contributed by atoms with E-state index in [9.17, 15) is 4.79 Å². The third-order valence-corrected chi connectivity index (χ3v) is 5.71. The lowest BCUT2D eigenvalue weighted by molar-refractivity contribution is -0.115. The number of rotatable bonds is 7. The molecule has 2 aromatic carbocycles. The van der Waals surface area contributed by atoms with Crippen LogP contribution < -0.4 is 14.8 Å². The number of anilines is 1. The van der Waals surface area contributed by atoms with Gasteiger partial charge < -0.3 is 14.8 Å². The number of hydrogen-bond donors (Lipinski definition) is 1. The van der Waals surface area contributed by atoms with Gasteiger partial charge in [-0.3, -0.25) is 14.3 Å². The highest BCUT2D eigenvalue weighted by Crippen LogP contribution is 2.34.